The molecule has 0 saturated carbocycles. The molecule has 0 radical (unpaired) electrons. The molecule has 1 aliphatic heterocycles. The van der Waals surface area contributed by atoms with Crippen LogP contribution in [0.1, 0.15) is 46.2 Å². The molecule has 22 heavy (non-hydrogen) atoms. The molecule has 3 rings (SSSR count). The Labute approximate surface area is 130 Å². The summed E-state index contributed by atoms with van der Waals surface area (Å²) in [5.74, 6) is 0. The Hall–Kier alpha value is -2.11. The highest BCUT2D eigenvalue weighted by molar-refractivity contribution is 5.70. The maximum atomic E-state index is 12.6. The Kier molecular flexibility index (Phi) is 3.34. The van der Waals surface area contributed by atoms with E-state index in [9.17, 15) is 4.79 Å². The van der Waals surface area contributed by atoms with E-state index in [0.717, 1.165) is 24.2 Å². The molecule has 118 valence electrons. The minimum absolute atomic E-state index is 0.274. The fourth-order valence-corrected chi connectivity index (χ4v) is 3.08. The van der Waals surface area contributed by atoms with E-state index in [2.05, 4.69) is 17.0 Å². The van der Waals surface area contributed by atoms with Crippen LogP contribution in [0.15, 0.2) is 24.5 Å². The first-order valence-corrected chi connectivity index (χ1v) is 7.61. The fraction of sp³-hybridized carbons (Fsp3) is 0.562. The van der Waals surface area contributed by atoms with Gasteiger partial charge in [-0.3, -0.25) is 4.90 Å². The van der Waals surface area contributed by atoms with Gasteiger partial charge in [-0.2, -0.15) is 5.10 Å². The second kappa shape index (κ2) is 4.97. The zero-order valence-electron chi connectivity index (χ0n) is 13.5. The van der Waals surface area contributed by atoms with Crippen LogP contribution in [0.3, 0.4) is 0 Å². The summed E-state index contributed by atoms with van der Waals surface area (Å²) < 4.78 is 7.38. The van der Waals surface area contributed by atoms with Crippen LogP contribution in [0, 0.1) is 0 Å². The van der Waals surface area contributed by atoms with Crippen LogP contribution >= 0.6 is 0 Å². The van der Waals surface area contributed by atoms with Crippen molar-refractivity contribution in [2.75, 3.05) is 6.54 Å². The van der Waals surface area contributed by atoms with Crippen molar-refractivity contribution < 1.29 is 9.53 Å². The maximum Gasteiger partial charge on any atom is 0.411 e. The predicted molar refractivity (Wildman–Crippen MR) is 82.5 cm³/mol. The number of hydrogen-bond acceptors (Lipinski definition) is 4. The lowest BCUT2D eigenvalue weighted by molar-refractivity contribution is 0.00894. The molecule has 1 fully saturated rings. The Morgan fingerprint density at radius 1 is 1.32 bits per heavy atom. The van der Waals surface area contributed by atoms with Gasteiger partial charge < -0.3 is 4.74 Å². The summed E-state index contributed by atoms with van der Waals surface area (Å²) >= 11 is 0. The summed E-state index contributed by atoms with van der Waals surface area (Å²) in [4.78, 5) is 18.7. The second-order valence-corrected chi connectivity index (χ2v) is 6.94. The predicted octanol–water partition coefficient (Wildman–Crippen LogP) is 2.98. The van der Waals surface area contributed by atoms with Gasteiger partial charge in [-0.15, -0.1) is 0 Å². The van der Waals surface area contributed by atoms with Crippen LogP contribution in [0.2, 0.25) is 0 Å². The number of hydrogen-bond donors (Lipinski definition) is 0. The molecule has 1 atom stereocenters. The number of aromatic nitrogens is 3. The molecule has 6 nitrogen and oxygen atoms in total. The van der Waals surface area contributed by atoms with Crippen molar-refractivity contribution >= 4 is 11.7 Å². The maximum absolute atomic E-state index is 12.6. The summed E-state index contributed by atoms with van der Waals surface area (Å²) in [5, 5.41) is 4.35. The van der Waals surface area contributed by atoms with Gasteiger partial charge in [0.1, 0.15) is 5.60 Å². The highest BCUT2D eigenvalue weighted by atomic mass is 16.6. The minimum Gasteiger partial charge on any atom is -0.444 e. The van der Waals surface area contributed by atoms with Crippen LogP contribution < -0.4 is 0 Å². The number of ether oxygens (including phenoxy) is 1. The van der Waals surface area contributed by atoms with E-state index < -0.39 is 11.1 Å². The Bertz CT molecular complexity index is 703. The molecule has 1 amide bonds. The van der Waals surface area contributed by atoms with E-state index in [1.165, 1.54) is 0 Å². The number of amides is 1. The topological polar surface area (TPSA) is 59.7 Å². The van der Waals surface area contributed by atoms with Crippen molar-refractivity contribution in [2.45, 2.75) is 51.7 Å². The third-order valence-corrected chi connectivity index (χ3v) is 4.10. The number of likely N-dealkylation sites (tertiary alicyclic amines) is 1. The molecule has 0 bridgehead atoms. The Balaban J connectivity index is 2.00. The van der Waals surface area contributed by atoms with Gasteiger partial charge in [0.25, 0.3) is 0 Å². The minimum atomic E-state index is -0.500. The number of carbonyl (C=O) groups excluding carboxylic acids is 1. The fourth-order valence-electron chi connectivity index (χ4n) is 3.08. The van der Waals surface area contributed by atoms with Gasteiger partial charge in [0.15, 0.2) is 5.65 Å². The lowest BCUT2D eigenvalue weighted by atomic mass is 9.94. The van der Waals surface area contributed by atoms with Gasteiger partial charge in [0.2, 0.25) is 0 Å². The number of rotatable bonds is 1. The van der Waals surface area contributed by atoms with Gasteiger partial charge >= 0.3 is 6.09 Å². The van der Waals surface area contributed by atoms with E-state index in [1.807, 2.05) is 42.3 Å². The van der Waals surface area contributed by atoms with E-state index in [4.69, 9.17) is 4.74 Å². The average Bonchev–Trinajstić information content (AvgIpc) is 3.02. The van der Waals surface area contributed by atoms with E-state index in [1.54, 1.807) is 12.4 Å². The Morgan fingerprint density at radius 3 is 2.82 bits per heavy atom. The van der Waals surface area contributed by atoms with Crippen molar-refractivity contribution in [1.29, 1.82) is 0 Å². The highest BCUT2D eigenvalue weighted by Crippen LogP contribution is 2.39. The smallest absolute Gasteiger partial charge is 0.411 e. The standard InChI is InChI=1S/C16H22N4O2/c1-15(2,3)22-14(21)19-11-5-8-16(19,4)12-6-9-17-13-7-10-18-20(12)13/h6-7,9-10H,5,8,11H2,1-4H3. The molecular weight excluding hydrogens is 280 g/mol. The van der Waals surface area contributed by atoms with Crippen LogP contribution in [0.5, 0.6) is 0 Å². The van der Waals surface area contributed by atoms with Crippen molar-refractivity contribution in [3.63, 3.8) is 0 Å². The van der Waals surface area contributed by atoms with Gasteiger partial charge in [-0.25, -0.2) is 14.3 Å². The second-order valence-electron chi connectivity index (χ2n) is 6.94. The quantitative estimate of drug-likeness (QED) is 0.812. The SMILES string of the molecule is CC(C)(C)OC(=O)N1CCCC1(C)c1ccnc2ccnn12. The molecule has 3 heterocycles. The van der Waals surface area contributed by atoms with Gasteiger partial charge in [0.05, 0.1) is 17.4 Å². The molecule has 1 unspecified atom stereocenters. The third-order valence-electron chi connectivity index (χ3n) is 4.10. The summed E-state index contributed by atoms with van der Waals surface area (Å²) in [6, 6.07) is 3.79. The van der Waals surface area contributed by atoms with Gasteiger partial charge in [-0.05, 0) is 46.6 Å². The highest BCUT2D eigenvalue weighted by Gasteiger charge is 2.44. The van der Waals surface area contributed by atoms with Crippen LogP contribution in [-0.4, -0.2) is 37.7 Å². The Morgan fingerprint density at radius 2 is 2.09 bits per heavy atom. The zero-order chi connectivity index (χ0) is 16.0. The van der Waals surface area contributed by atoms with E-state index in [-0.39, 0.29) is 6.09 Å². The first kappa shape index (κ1) is 14.8. The molecular formula is C16H22N4O2. The van der Waals surface area contributed by atoms with Crippen molar-refractivity contribution in [3.05, 3.63) is 30.2 Å². The summed E-state index contributed by atoms with van der Waals surface area (Å²) in [6.45, 7) is 8.42. The molecule has 2 aromatic rings. The summed E-state index contributed by atoms with van der Waals surface area (Å²) in [5.41, 5.74) is 0.815. The number of carbonyl (C=O) groups is 1. The third kappa shape index (κ3) is 2.42. The number of nitrogens with zero attached hydrogens (tertiary/aromatic N) is 4. The van der Waals surface area contributed by atoms with Gasteiger partial charge in [0, 0.05) is 18.8 Å². The van der Waals surface area contributed by atoms with Crippen LogP contribution in [0.4, 0.5) is 4.79 Å². The molecule has 0 aliphatic carbocycles. The molecule has 6 heteroatoms. The van der Waals surface area contributed by atoms with E-state index in [0.29, 0.717) is 6.54 Å². The summed E-state index contributed by atoms with van der Waals surface area (Å²) in [7, 11) is 0. The normalized spacial score (nSPS) is 22.3. The first-order chi connectivity index (χ1) is 10.3. The molecule has 1 aliphatic rings. The molecule has 1 saturated heterocycles. The lowest BCUT2D eigenvalue weighted by Crippen LogP contribution is -2.46. The van der Waals surface area contributed by atoms with Crippen LogP contribution in [-0.2, 0) is 10.3 Å². The zero-order valence-corrected chi connectivity index (χ0v) is 13.5. The monoisotopic (exact) mass is 302 g/mol. The first-order valence-electron chi connectivity index (χ1n) is 7.61. The van der Waals surface area contributed by atoms with E-state index >= 15 is 0 Å². The largest absolute Gasteiger partial charge is 0.444 e. The number of fused-ring (bicyclic) bond motifs is 1. The van der Waals surface area contributed by atoms with Gasteiger partial charge in [-0.1, -0.05) is 0 Å². The van der Waals surface area contributed by atoms with Crippen molar-refractivity contribution in [2.24, 2.45) is 0 Å². The van der Waals surface area contributed by atoms with Crippen molar-refractivity contribution in [1.82, 2.24) is 19.5 Å². The lowest BCUT2D eigenvalue weighted by Gasteiger charge is -2.36. The van der Waals surface area contributed by atoms with Crippen LogP contribution in [0.25, 0.3) is 5.65 Å². The molecule has 0 aromatic carbocycles. The molecule has 2 aromatic heterocycles. The molecule has 0 spiro atoms. The summed E-state index contributed by atoms with van der Waals surface area (Å²) in [6.07, 6.45) is 5.04. The average molecular weight is 302 g/mol. The van der Waals surface area contributed by atoms with Crippen molar-refractivity contribution in [3.8, 4) is 0 Å². The molecule has 0 N–H and O–H groups in total.